The molecule has 20 heavy (non-hydrogen) atoms. The van der Waals surface area contributed by atoms with E-state index < -0.39 is 0 Å². The second kappa shape index (κ2) is 5.57. The van der Waals surface area contributed by atoms with Crippen LogP contribution in [0.4, 0.5) is 5.82 Å². The summed E-state index contributed by atoms with van der Waals surface area (Å²) in [7, 11) is 0. The van der Waals surface area contributed by atoms with Crippen molar-refractivity contribution in [3.05, 3.63) is 29.8 Å². The van der Waals surface area contributed by atoms with Gasteiger partial charge in [0.1, 0.15) is 11.4 Å². The molecule has 1 aromatic heterocycles. The minimum absolute atomic E-state index is 0.231. The largest absolute Gasteiger partial charge is 0.462 e. The predicted molar refractivity (Wildman–Crippen MR) is 80.3 cm³/mol. The molecule has 1 fully saturated rings. The van der Waals surface area contributed by atoms with Gasteiger partial charge in [-0.3, -0.25) is 0 Å². The summed E-state index contributed by atoms with van der Waals surface area (Å²) in [6.07, 6.45) is 3.63. The van der Waals surface area contributed by atoms with Crippen molar-refractivity contribution in [1.29, 1.82) is 0 Å². The number of ether oxygens (including phenoxy) is 1. The Labute approximate surface area is 118 Å². The summed E-state index contributed by atoms with van der Waals surface area (Å²) in [4.78, 5) is 18.0. The molecule has 4 heteroatoms. The molecule has 0 radical (unpaired) electrons. The Morgan fingerprint density at radius 3 is 2.75 bits per heavy atom. The molecule has 4 nitrogen and oxygen atoms in total. The van der Waals surface area contributed by atoms with E-state index in [1.807, 2.05) is 31.2 Å². The molecule has 2 heterocycles. The fourth-order valence-corrected chi connectivity index (χ4v) is 2.89. The van der Waals surface area contributed by atoms with Gasteiger partial charge in [0.25, 0.3) is 0 Å². The number of benzene rings is 1. The lowest BCUT2D eigenvalue weighted by Gasteiger charge is -2.28. The molecule has 3 rings (SSSR count). The van der Waals surface area contributed by atoms with Crippen LogP contribution in [0.3, 0.4) is 0 Å². The van der Waals surface area contributed by atoms with E-state index in [0.717, 1.165) is 29.8 Å². The summed E-state index contributed by atoms with van der Waals surface area (Å²) in [5.74, 6) is 0.690. The highest BCUT2D eigenvalue weighted by molar-refractivity contribution is 6.09. The number of hydrogen-bond acceptors (Lipinski definition) is 3. The first kappa shape index (κ1) is 13.0. The lowest BCUT2D eigenvalue weighted by atomic mass is 10.1. The van der Waals surface area contributed by atoms with Crippen LogP contribution in [0, 0.1) is 0 Å². The number of hydrogen-bond donors (Lipinski definition) is 1. The Morgan fingerprint density at radius 2 is 2.00 bits per heavy atom. The molecule has 1 aliphatic heterocycles. The number of aromatic nitrogens is 1. The van der Waals surface area contributed by atoms with Crippen molar-refractivity contribution in [2.24, 2.45) is 0 Å². The lowest BCUT2D eigenvalue weighted by Crippen LogP contribution is -2.31. The Morgan fingerprint density at radius 1 is 1.25 bits per heavy atom. The zero-order valence-corrected chi connectivity index (χ0v) is 11.8. The fourth-order valence-electron chi connectivity index (χ4n) is 2.89. The normalized spacial score (nSPS) is 15.6. The topological polar surface area (TPSA) is 45.3 Å². The summed E-state index contributed by atoms with van der Waals surface area (Å²) >= 11 is 0. The third-order valence-electron chi connectivity index (χ3n) is 3.84. The molecule has 1 aliphatic rings. The quantitative estimate of drug-likeness (QED) is 0.872. The van der Waals surface area contributed by atoms with E-state index in [1.165, 1.54) is 19.3 Å². The summed E-state index contributed by atoms with van der Waals surface area (Å²) in [6.45, 7) is 4.24. The van der Waals surface area contributed by atoms with Crippen molar-refractivity contribution < 1.29 is 9.53 Å². The first-order valence-electron chi connectivity index (χ1n) is 7.34. The van der Waals surface area contributed by atoms with Crippen molar-refractivity contribution in [2.45, 2.75) is 26.2 Å². The molecular weight excluding hydrogens is 252 g/mol. The molecule has 1 aromatic carbocycles. The number of nitrogens with one attached hydrogen (secondary N) is 1. The van der Waals surface area contributed by atoms with Gasteiger partial charge >= 0.3 is 5.97 Å². The molecular formula is C16H20N2O2. The number of aromatic amines is 1. The summed E-state index contributed by atoms with van der Waals surface area (Å²) in [5, 5.41) is 0.950. The number of H-pyrrole nitrogens is 1. The molecule has 2 aromatic rings. The Bertz CT molecular complexity index is 612. The second-order valence-corrected chi connectivity index (χ2v) is 5.16. The molecule has 0 unspecified atom stereocenters. The first-order chi connectivity index (χ1) is 9.81. The second-order valence-electron chi connectivity index (χ2n) is 5.16. The van der Waals surface area contributed by atoms with Gasteiger partial charge in [0, 0.05) is 24.0 Å². The van der Waals surface area contributed by atoms with E-state index in [1.54, 1.807) is 0 Å². The number of carbonyl (C=O) groups is 1. The molecule has 1 N–H and O–H groups in total. The average Bonchev–Trinajstić information content (AvgIpc) is 2.88. The summed E-state index contributed by atoms with van der Waals surface area (Å²) in [6, 6.07) is 7.92. The smallest absolute Gasteiger partial charge is 0.342 e. The molecule has 0 saturated carbocycles. The van der Waals surface area contributed by atoms with E-state index in [-0.39, 0.29) is 5.97 Å². The van der Waals surface area contributed by atoms with Gasteiger partial charge in [0.05, 0.1) is 6.61 Å². The van der Waals surface area contributed by atoms with Crippen LogP contribution in [0.2, 0.25) is 0 Å². The minimum Gasteiger partial charge on any atom is -0.462 e. The molecule has 1 saturated heterocycles. The van der Waals surface area contributed by atoms with Crippen molar-refractivity contribution >= 4 is 22.7 Å². The van der Waals surface area contributed by atoms with E-state index in [2.05, 4.69) is 9.88 Å². The molecule has 0 aliphatic carbocycles. The van der Waals surface area contributed by atoms with Crippen LogP contribution in [0.5, 0.6) is 0 Å². The van der Waals surface area contributed by atoms with Gasteiger partial charge in [-0.15, -0.1) is 0 Å². The van der Waals surface area contributed by atoms with E-state index in [9.17, 15) is 4.79 Å². The van der Waals surface area contributed by atoms with Gasteiger partial charge in [-0.05, 0) is 32.3 Å². The van der Waals surface area contributed by atoms with Crippen molar-refractivity contribution in [2.75, 3.05) is 24.6 Å². The Balaban J connectivity index is 2.09. The highest BCUT2D eigenvalue weighted by Crippen LogP contribution is 2.31. The summed E-state index contributed by atoms with van der Waals surface area (Å²) in [5.41, 5.74) is 1.68. The van der Waals surface area contributed by atoms with Crippen LogP contribution in [-0.2, 0) is 4.74 Å². The maximum atomic E-state index is 12.3. The molecule has 0 atom stereocenters. The first-order valence-corrected chi connectivity index (χ1v) is 7.34. The standard InChI is InChI=1S/C16H20N2O2/c1-2-20-16(19)14-12-8-4-5-9-13(12)17-15(14)18-10-6-3-7-11-18/h4-5,8-9,17H,2-3,6-7,10-11H2,1H3. The SMILES string of the molecule is CCOC(=O)c1c(N2CCCCC2)[nH]c2ccccc12. The number of esters is 1. The number of nitrogens with zero attached hydrogens (tertiary/aromatic N) is 1. The maximum absolute atomic E-state index is 12.3. The molecule has 106 valence electrons. The maximum Gasteiger partial charge on any atom is 0.342 e. The van der Waals surface area contributed by atoms with Crippen LogP contribution in [0.25, 0.3) is 10.9 Å². The Hall–Kier alpha value is -1.97. The van der Waals surface area contributed by atoms with Crippen molar-refractivity contribution in [1.82, 2.24) is 4.98 Å². The number of piperidine rings is 1. The van der Waals surface area contributed by atoms with Gasteiger partial charge in [0.2, 0.25) is 0 Å². The van der Waals surface area contributed by atoms with E-state index in [4.69, 9.17) is 4.74 Å². The number of rotatable bonds is 3. The number of para-hydroxylation sites is 1. The zero-order chi connectivity index (χ0) is 13.9. The van der Waals surface area contributed by atoms with Crippen LogP contribution >= 0.6 is 0 Å². The van der Waals surface area contributed by atoms with Gasteiger partial charge < -0.3 is 14.6 Å². The molecule has 0 amide bonds. The van der Waals surface area contributed by atoms with Gasteiger partial charge in [-0.25, -0.2) is 4.79 Å². The highest BCUT2D eigenvalue weighted by atomic mass is 16.5. The van der Waals surface area contributed by atoms with Crippen LogP contribution in [0.15, 0.2) is 24.3 Å². The number of fused-ring (bicyclic) bond motifs is 1. The molecule has 0 spiro atoms. The third kappa shape index (κ3) is 2.26. The molecule has 0 bridgehead atoms. The van der Waals surface area contributed by atoms with Crippen molar-refractivity contribution in [3.8, 4) is 0 Å². The van der Waals surface area contributed by atoms with Gasteiger partial charge in [-0.2, -0.15) is 0 Å². The average molecular weight is 272 g/mol. The summed E-state index contributed by atoms with van der Waals surface area (Å²) < 4.78 is 5.24. The predicted octanol–water partition coefficient (Wildman–Crippen LogP) is 3.33. The monoisotopic (exact) mass is 272 g/mol. The Kier molecular flexibility index (Phi) is 3.63. The van der Waals surface area contributed by atoms with Crippen LogP contribution in [0.1, 0.15) is 36.5 Å². The lowest BCUT2D eigenvalue weighted by molar-refractivity contribution is 0.0529. The number of carbonyl (C=O) groups excluding carboxylic acids is 1. The fraction of sp³-hybridized carbons (Fsp3) is 0.438. The van der Waals surface area contributed by atoms with Crippen LogP contribution in [-0.4, -0.2) is 30.6 Å². The zero-order valence-electron chi connectivity index (χ0n) is 11.8. The van der Waals surface area contributed by atoms with E-state index >= 15 is 0 Å². The highest BCUT2D eigenvalue weighted by Gasteiger charge is 2.24. The van der Waals surface area contributed by atoms with Gasteiger partial charge in [0.15, 0.2) is 0 Å². The van der Waals surface area contributed by atoms with Crippen molar-refractivity contribution in [3.63, 3.8) is 0 Å². The van der Waals surface area contributed by atoms with Crippen LogP contribution < -0.4 is 4.90 Å². The minimum atomic E-state index is -0.231. The third-order valence-corrected chi connectivity index (χ3v) is 3.84. The van der Waals surface area contributed by atoms with E-state index in [0.29, 0.717) is 12.2 Å². The van der Waals surface area contributed by atoms with Gasteiger partial charge in [-0.1, -0.05) is 18.2 Å². The number of anilines is 1.